The van der Waals surface area contributed by atoms with E-state index in [-0.39, 0.29) is 12.4 Å². The van der Waals surface area contributed by atoms with E-state index in [0.29, 0.717) is 0 Å². The van der Waals surface area contributed by atoms with Crippen LogP contribution in [-0.2, 0) is 5.75 Å². The van der Waals surface area contributed by atoms with Crippen molar-refractivity contribution in [1.29, 1.82) is 0 Å². The number of benzene rings is 1. The molecule has 1 nitrogen and oxygen atoms in total. The molecule has 2 aromatic rings. The van der Waals surface area contributed by atoms with E-state index in [2.05, 4.69) is 64.2 Å². The van der Waals surface area contributed by atoms with Gasteiger partial charge in [-0.15, -0.1) is 24.2 Å². The molecule has 0 aliphatic carbocycles. The van der Waals surface area contributed by atoms with Crippen LogP contribution in [0.2, 0.25) is 0 Å². The van der Waals surface area contributed by atoms with E-state index in [4.69, 9.17) is 0 Å². The summed E-state index contributed by atoms with van der Waals surface area (Å²) in [4.78, 5) is 5.65. The zero-order chi connectivity index (χ0) is 11.4. The minimum absolute atomic E-state index is 0. The van der Waals surface area contributed by atoms with Crippen molar-refractivity contribution < 1.29 is 0 Å². The second-order valence-corrected chi connectivity index (χ2v) is 5.53. The Morgan fingerprint density at radius 1 is 1.12 bits per heavy atom. The number of thioether (sulfide) groups is 1. The number of hydrogen-bond donors (Lipinski definition) is 0. The zero-order valence-corrected chi connectivity index (χ0v) is 12.6. The quantitative estimate of drug-likeness (QED) is 0.745. The number of nitrogens with zero attached hydrogens (tertiary/aromatic N) is 1. The summed E-state index contributed by atoms with van der Waals surface area (Å²) in [7, 11) is 0. The second kappa shape index (κ2) is 7.04. The first-order valence-corrected chi connectivity index (χ1v) is 6.82. The van der Waals surface area contributed by atoms with Gasteiger partial charge >= 0.3 is 0 Å². The maximum absolute atomic E-state index is 4.38. The lowest BCUT2D eigenvalue weighted by Crippen LogP contribution is -1.86. The molecule has 0 saturated heterocycles. The Kier molecular flexibility index (Phi) is 6.03. The molecule has 0 saturated carbocycles. The van der Waals surface area contributed by atoms with Gasteiger partial charge in [0.05, 0.1) is 5.69 Å². The molecule has 0 spiro atoms. The molecule has 0 amide bonds. The monoisotopic (exact) mass is 329 g/mol. The molecule has 0 radical (unpaired) electrons. The van der Waals surface area contributed by atoms with Gasteiger partial charge in [-0.3, -0.25) is 4.98 Å². The van der Waals surface area contributed by atoms with Crippen LogP contribution in [0, 0.1) is 6.92 Å². The normalized spacial score (nSPS) is 9.76. The third kappa shape index (κ3) is 4.70. The summed E-state index contributed by atoms with van der Waals surface area (Å²) >= 11 is 5.23. The van der Waals surface area contributed by atoms with Crippen LogP contribution in [0.5, 0.6) is 0 Å². The van der Waals surface area contributed by atoms with Crippen molar-refractivity contribution in [2.75, 3.05) is 0 Å². The van der Waals surface area contributed by atoms with Gasteiger partial charge in [0.25, 0.3) is 0 Å². The van der Waals surface area contributed by atoms with E-state index < -0.39 is 0 Å². The minimum Gasteiger partial charge on any atom is -0.260 e. The average Bonchev–Trinajstić information content (AvgIpc) is 2.30. The maximum Gasteiger partial charge on any atom is 0.0506 e. The summed E-state index contributed by atoms with van der Waals surface area (Å²) in [5, 5.41) is 0. The number of hydrogen-bond acceptors (Lipinski definition) is 2. The van der Waals surface area contributed by atoms with E-state index in [1.165, 1.54) is 10.5 Å². The van der Waals surface area contributed by atoms with Crippen molar-refractivity contribution in [2.24, 2.45) is 0 Å². The molecule has 0 atom stereocenters. The van der Waals surface area contributed by atoms with Crippen molar-refractivity contribution in [3.8, 4) is 0 Å². The lowest BCUT2D eigenvalue weighted by atomic mass is 10.3. The summed E-state index contributed by atoms with van der Waals surface area (Å²) in [6.07, 6.45) is 1.91. The number of halogens is 2. The zero-order valence-electron chi connectivity index (χ0n) is 9.39. The average molecular weight is 331 g/mol. The molecule has 2 rings (SSSR count). The largest absolute Gasteiger partial charge is 0.260 e. The van der Waals surface area contributed by atoms with Crippen LogP contribution in [0.1, 0.15) is 11.3 Å². The van der Waals surface area contributed by atoms with E-state index >= 15 is 0 Å². The summed E-state index contributed by atoms with van der Waals surface area (Å²) in [6, 6.07) is 12.5. The van der Waals surface area contributed by atoms with E-state index in [1.54, 1.807) is 11.8 Å². The second-order valence-electron chi connectivity index (χ2n) is 3.57. The topological polar surface area (TPSA) is 12.9 Å². The Labute approximate surface area is 121 Å². The van der Waals surface area contributed by atoms with Crippen molar-refractivity contribution in [3.63, 3.8) is 0 Å². The molecule has 0 fully saturated rings. The molecule has 0 aliphatic heterocycles. The predicted molar refractivity (Wildman–Crippen MR) is 79.9 cm³/mol. The smallest absolute Gasteiger partial charge is 0.0506 e. The summed E-state index contributed by atoms with van der Waals surface area (Å²) in [5.41, 5.74) is 2.33. The fourth-order valence-electron chi connectivity index (χ4n) is 1.27. The van der Waals surface area contributed by atoms with E-state index in [1.807, 2.05) is 6.20 Å². The molecule has 17 heavy (non-hydrogen) atoms. The lowest BCUT2D eigenvalue weighted by molar-refractivity contribution is 1.15. The van der Waals surface area contributed by atoms with Crippen molar-refractivity contribution >= 4 is 40.1 Å². The van der Waals surface area contributed by atoms with Crippen LogP contribution in [0.4, 0.5) is 0 Å². The molecule has 90 valence electrons. The van der Waals surface area contributed by atoms with Crippen LogP contribution in [0.25, 0.3) is 0 Å². The highest BCUT2D eigenvalue weighted by Crippen LogP contribution is 2.23. The Balaban J connectivity index is 0.00000144. The fourth-order valence-corrected chi connectivity index (χ4v) is 2.35. The summed E-state index contributed by atoms with van der Waals surface area (Å²) < 4.78 is 1.12. The van der Waals surface area contributed by atoms with Crippen LogP contribution >= 0.6 is 40.1 Å². The summed E-state index contributed by atoms with van der Waals surface area (Å²) in [6.45, 7) is 2.05. The Morgan fingerprint density at radius 2 is 1.82 bits per heavy atom. The highest BCUT2D eigenvalue weighted by atomic mass is 79.9. The molecule has 4 heteroatoms. The minimum atomic E-state index is 0. The van der Waals surface area contributed by atoms with Gasteiger partial charge in [-0.2, -0.15) is 0 Å². The first-order valence-electron chi connectivity index (χ1n) is 5.04. The van der Waals surface area contributed by atoms with Gasteiger partial charge in [0.15, 0.2) is 0 Å². The highest BCUT2D eigenvalue weighted by Gasteiger charge is 1.97. The fraction of sp³-hybridized carbons (Fsp3) is 0.154. The number of rotatable bonds is 3. The number of pyridine rings is 1. The van der Waals surface area contributed by atoms with Gasteiger partial charge in [-0.1, -0.05) is 22.0 Å². The predicted octanol–water partition coefficient (Wildman–Crippen LogP) is 4.87. The van der Waals surface area contributed by atoms with Crippen LogP contribution < -0.4 is 0 Å². The molecule has 0 unspecified atom stereocenters. The van der Waals surface area contributed by atoms with Crippen molar-refractivity contribution in [2.45, 2.75) is 17.6 Å². The van der Waals surface area contributed by atoms with Gasteiger partial charge < -0.3 is 0 Å². The Hall–Kier alpha value is -0.510. The lowest BCUT2D eigenvalue weighted by Gasteiger charge is -2.02. The number of aromatic nitrogens is 1. The van der Waals surface area contributed by atoms with Gasteiger partial charge in [-0.05, 0) is 42.8 Å². The number of aryl methyl sites for hydroxylation is 1. The van der Waals surface area contributed by atoms with Crippen molar-refractivity contribution in [1.82, 2.24) is 4.98 Å². The van der Waals surface area contributed by atoms with E-state index in [0.717, 1.165) is 15.9 Å². The molecular formula is C13H13BrClNS. The SMILES string of the molecule is Cc1ccc(CSc2ccc(Br)cc2)nc1.Cl. The highest BCUT2D eigenvalue weighted by molar-refractivity contribution is 9.10. The standard InChI is InChI=1S/C13H12BrNS.ClH/c1-10-2-5-12(15-8-10)9-16-13-6-3-11(14)4-7-13;/h2-8H,9H2,1H3;1H. The molecule has 1 heterocycles. The van der Waals surface area contributed by atoms with Gasteiger partial charge in [-0.25, -0.2) is 0 Å². The molecule has 0 aliphatic rings. The molecular weight excluding hydrogens is 318 g/mol. The Bertz CT molecular complexity index is 410. The molecule has 0 N–H and O–H groups in total. The van der Waals surface area contributed by atoms with Crippen molar-refractivity contribution in [3.05, 3.63) is 58.3 Å². The molecule has 1 aromatic heterocycles. The molecule has 1 aromatic carbocycles. The van der Waals surface area contributed by atoms with Crippen LogP contribution in [-0.4, -0.2) is 4.98 Å². The van der Waals surface area contributed by atoms with Gasteiger partial charge in [0.2, 0.25) is 0 Å². The van der Waals surface area contributed by atoms with Crippen LogP contribution in [0.3, 0.4) is 0 Å². The first-order chi connectivity index (χ1) is 7.74. The Morgan fingerprint density at radius 3 is 2.41 bits per heavy atom. The summed E-state index contributed by atoms with van der Waals surface area (Å²) in [5.74, 6) is 0.919. The third-order valence-electron chi connectivity index (χ3n) is 2.17. The third-order valence-corrected chi connectivity index (χ3v) is 3.75. The van der Waals surface area contributed by atoms with Gasteiger partial charge in [0.1, 0.15) is 0 Å². The first kappa shape index (κ1) is 14.6. The van der Waals surface area contributed by atoms with E-state index in [9.17, 15) is 0 Å². The molecule has 0 bridgehead atoms. The van der Waals surface area contributed by atoms with Gasteiger partial charge in [0, 0.05) is 21.3 Å². The van der Waals surface area contributed by atoms with Crippen LogP contribution in [0.15, 0.2) is 52.0 Å². The maximum atomic E-state index is 4.38.